The Morgan fingerprint density at radius 1 is 1.06 bits per heavy atom. The molecule has 1 aromatic rings. The van der Waals surface area contributed by atoms with E-state index < -0.39 is 0 Å². The summed E-state index contributed by atoms with van der Waals surface area (Å²) in [5.41, 5.74) is 7.73. The number of benzene rings is 1. The third-order valence-electron chi connectivity index (χ3n) is 4.12. The molecule has 100 valence electrons. The normalized spacial score (nSPS) is 20.6. The van der Waals surface area contributed by atoms with Gasteiger partial charge in [-0.15, -0.1) is 0 Å². The molecule has 1 aromatic carbocycles. The molecule has 1 saturated heterocycles. The Balaban J connectivity index is 1.76. The first-order chi connectivity index (χ1) is 8.77. The van der Waals surface area contributed by atoms with Gasteiger partial charge in [0.1, 0.15) is 0 Å². The summed E-state index contributed by atoms with van der Waals surface area (Å²) in [7, 11) is 0. The van der Waals surface area contributed by atoms with E-state index in [0.717, 1.165) is 6.42 Å². The van der Waals surface area contributed by atoms with Crippen LogP contribution in [0, 0.1) is 0 Å². The van der Waals surface area contributed by atoms with Gasteiger partial charge in [-0.25, -0.2) is 0 Å². The molecule has 18 heavy (non-hydrogen) atoms. The Labute approximate surface area is 111 Å². The zero-order valence-electron chi connectivity index (χ0n) is 11.5. The van der Waals surface area contributed by atoms with Gasteiger partial charge >= 0.3 is 0 Å². The Bertz CT molecular complexity index is 330. The monoisotopic (exact) mass is 246 g/mol. The van der Waals surface area contributed by atoms with Crippen molar-refractivity contribution < 1.29 is 0 Å². The molecular formula is C16H26N2. The van der Waals surface area contributed by atoms with Crippen molar-refractivity contribution in [1.29, 1.82) is 0 Å². The molecule has 0 saturated carbocycles. The number of rotatable bonds is 5. The molecule has 0 amide bonds. The van der Waals surface area contributed by atoms with Crippen LogP contribution in [-0.2, 0) is 0 Å². The van der Waals surface area contributed by atoms with Crippen molar-refractivity contribution in [1.82, 2.24) is 4.90 Å². The van der Waals surface area contributed by atoms with Crippen LogP contribution in [0.25, 0.3) is 0 Å². The largest absolute Gasteiger partial charge is 0.316 e. The van der Waals surface area contributed by atoms with Crippen LogP contribution in [0.15, 0.2) is 30.3 Å². The highest BCUT2D eigenvalue weighted by Crippen LogP contribution is 2.22. The molecule has 2 rings (SSSR count). The van der Waals surface area contributed by atoms with Crippen LogP contribution < -0.4 is 5.73 Å². The summed E-state index contributed by atoms with van der Waals surface area (Å²) in [5, 5.41) is 0. The van der Waals surface area contributed by atoms with E-state index in [9.17, 15) is 0 Å². The summed E-state index contributed by atoms with van der Waals surface area (Å²) < 4.78 is 0. The van der Waals surface area contributed by atoms with Crippen molar-refractivity contribution in [3.05, 3.63) is 35.9 Å². The summed E-state index contributed by atoms with van der Waals surface area (Å²) >= 11 is 0. The van der Waals surface area contributed by atoms with Crippen LogP contribution in [0.3, 0.4) is 0 Å². The minimum Gasteiger partial charge on any atom is -0.316 e. The van der Waals surface area contributed by atoms with E-state index in [1.165, 1.54) is 44.3 Å². The minimum absolute atomic E-state index is 0.261. The third-order valence-corrected chi connectivity index (χ3v) is 4.12. The minimum atomic E-state index is 0.261. The van der Waals surface area contributed by atoms with E-state index in [0.29, 0.717) is 5.92 Å². The second-order valence-electron chi connectivity index (χ2n) is 5.55. The molecule has 0 spiro atoms. The van der Waals surface area contributed by atoms with Crippen LogP contribution in [-0.4, -0.2) is 24.2 Å². The van der Waals surface area contributed by atoms with E-state index in [1.54, 1.807) is 0 Å². The summed E-state index contributed by atoms with van der Waals surface area (Å²) in [6, 6.07) is 10.8. The second kappa shape index (κ2) is 6.91. The first-order valence-electron chi connectivity index (χ1n) is 7.32. The van der Waals surface area contributed by atoms with E-state index in [-0.39, 0.29) is 6.17 Å². The number of nitrogens with zero attached hydrogens (tertiary/aromatic N) is 1. The van der Waals surface area contributed by atoms with E-state index in [2.05, 4.69) is 42.2 Å². The van der Waals surface area contributed by atoms with Crippen molar-refractivity contribution in [2.24, 2.45) is 5.73 Å². The van der Waals surface area contributed by atoms with Crippen LogP contribution in [0.2, 0.25) is 0 Å². The van der Waals surface area contributed by atoms with Crippen molar-refractivity contribution >= 4 is 0 Å². The number of hydrogen-bond acceptors (Lipinski definition) is 2. The molecule has 1 aliphatic heterocycles. The summed E-state index contributed by atoms with van der Waals surface area (Å²) in [6.45, 7) is 4.69. The number of hydrogen-bond donors (Lipinski definition) is 1. The number of piperidine rings is 1. The van der Waals surface area contributed by atoms with E-state index in [1.807, 2.05) is 0 Å². The zero-order valence-corrected chi connectivity index (χ0v) is 11.5. The van der Waals surface area contributed by atoms with Crippen LogP contribution in [0.1, 0.15) is 50.5 Å². The molecule has 1 fully saturated rings. The summed E-state index contributed by atoms with van der Waals surface area (Å²) in [4.78, 5) is 2.46. The van der Waals surface area contributed by atoms with Crippen molar-refractivity contribution in [3.63, 3.8) is 0 Å². The van der Waals surface area contributed by atoms with Gasteiger partial charge < -0.3 is 5.73 Å². The lowest BCUT2D eigenvalue weighted by atomic mass is 9.95. The Hall–Kier alpha value is -0.860. The third kappa shape index (κ3) is 3.82. The quantitative estimate of drug-likeness (QED) is 0.863. The van der Waals surface area contributed by atoms with E-state index in [4.69, 9.17) is 5.73 Å². The highest BCUT2D eigenvalue weighted by Gasteiger charge is 2.17. The van der Waals surface area contributed by atoms with Gasteiger partial charge in [-0.3, -0.25) is 4.90 Å². The molecule has 2 nitrogen and oxygen atoms in total. The first-order valence-corrected chi connectivity index (χ1v) is 7.32. The highest BCUT2D eigenvalue weighted by atomic mass is 15.2. The van der Waals surface area contributed by atoms with Crippen molar-refractivity contribution in [2.45, 2.75) is 51.1 Å². The predicted octanol–water partition coefficient (Wildman–Crippen LogP) is 3.34. The maximum atomic E-state index is 6.30. The first kappa shape index (κ1) is 13.6. The van der Waals surface area contributed by atoms with Gasteiger partial charge in [0.15, 0.2) is 0 Å². The average Bonchev–Trinajstić information content (AvgIpc) is 2.46. The topological polar surface area (TPSA) is 29.3 Å². The van der Waals surface area contributed by atoms with Gasteiger partial charge in [-0.2, -0.15) is 0 Å². The Morgan fingerprint density at radius 2 is 1.72 bits per heavy atom. The van der Waals surface area contributed by atoms with Gasteiger partial charge in [-0.1, -0.05) is 43.7 Å². The Morgan fingerprint density at radius 3 is 2.39 bits per heavy atom. The highest BCUT2D eigenvalue weighted by molar-refractivity contribution is 5.18. The fourth-order valence-electron chi connectivity index (χ4n) is 2.80. The van der Waals surface area contributed by atoms with Crippen LogP contribution >= 0.6 is 0 Å². The van der Waals surface area contributed by atoms with E-state index >= 15 is 0 Å². The molecule has 0 aromatic heterocycles. The maximum absolute atomic E-state index is 6.30. The second-order valence-corrected chi connectivity index (χ2v) is 5.55. The fraction of sp³-hybridized carbons (Fsp3) is 0.625. The average molecular weight is 246 g/mol. The van der Waals surface area contributed by atoms with Gasteiger partial charge in [-0.05, 0) is 50.3 Å². The summed E-state index contributed by atoms with van der Waals surface area (Å²) in [5.74, 6) is 0.613. The molecule has 2 atom stereocenters. The molecule has 1 heterocycles. The fourth-order valence-corrected chi connectivity index (χ4v) is 2.80. The Kier molecular flexibility index (Phi) is 5.21. The number of nitrogens with two attached hydrogens (primary N) is 1. The summed E-state index contributed by atoms with van der Waals surface area (Å²) in [6.07, 6.45) is 6.57. The molecule has 0 radical (unpaired) electrons. The molecule has 1 aliphatic rings. The molecule has 0 aliphatic carbocycles. The molecule has 0 bridgehead atoms. The molecule has 2 unspecified atom stereocenters. The smallest absolute Gasteiger partial charge is 0.0571 e. The van der Waals surface area contributed by atoms with Crippen molar-refractivity contribution in [3.8, 4) is 0 Å². The molecular weight excluding hydrogens is 220 g/mol. The lowest BCUT2D eigenvalue weighted by Gasteiger charge is -2.32. The molecule has 2 N–H and O–H groups in total. The predicted molar refractivity (Wildman–Crippen MR) is 77.5 cm³/mol. The van der Waals surface area contributed by atoms with Crippen LogP contribution in [0.5, 0.6) is 0 Å². The van der Waals surface area contributed by atoms with Crippen LogP contribution in [0.4, 0.5) is 0 Å². The standard InChI is InChI=1S/C16H26N2/c1-14(15-8-4-2-5-9-15)10-11-16(17)18-12-6-3-7-13-18/h2,4-5,8-9,14,16H,3,6-7,10-13,17H2,1H3. The van der Waals surface area contributed by atoms with Gasteiger partial charge in [0.25, 0.3) is 0 Å². The van der Waals surface area contributed by atoms with Gasteiger partial charge in [0, 0.05) is 0 Å². The zero-order chi connectivity index (χ0) is 12.8. The maximum Gasteiger partial charge on any atom is 0.0571 e. The van der Waals surface area contributed by atoms with Gasteiger partial charge in [0.05, 0.1) is 6.17 Å². The van der Waals surface area contributed by atoms with Crippen molar-refractivity contribution in [2.75, 3.05) is 13.1 Å². The SMILES string of the molecule is CC(CCC(N)N1CCCCC1)c1ccccc1. The lowest BCUT2D eigenvalue weighted by molar-refractivity contribution is 0.155. The molecule has 2 heteroatoms. The van der Waals surface area contributed by atoms with Gasteiger partial charge in [0.2, 0.25) is 0 Å². The lowest BCUT2D eigenvalue weighted by Crippen LogP contribution is -2.44. The number of likely N-dealkylation sites (tertiary alicyclic amines) is 1.